The van der Waals surface area contributed by atoms with Crippen molar-refractivity contribution in [3.63, 3.8) is 0 Å². The largest absolute Gasteiger partial charge is 0.507 e. The van der Waals surface area contributed by atoms with Gasteiger partial charge in [0.25, 0.3) is 5.91 Å². The zero-order chi connectivity index (χ0) is 18.8. The second-order valence-corrected chi connectivity index (χ2v) is 7.35. The number of hydrogen-bond donors (Lipinski definition) is 1. The van der Waals surface area contributed by atoms with E-state index in [0.717, 1.165) is 5.56 Å². The molecule has 1 amide bonds. The Labute approximate surface area is 160 Å². The van der Waals surface area contributed by atoms with Gasteiger partial charge in [-0.3, -0.25) is 14.5 Å². The molecule has 132 valence electrons. The van der Waals surface area contributed by atoms with Crippen LogP contribution in [0.25, 0.3) is 0 Å². The van der Waals surface area contributed by atoms with Gasteiger partial charge in [-0.05, 0) is 48.9 Å². The molecule has 26 heavy (non-hydrogen) atoms. The smallest absolute Gasteiger partial charge is 0.270 e. The summed E-state index contributed by atoms with van der Waals surface area (Å²) in [5.41, 5.74) is 1.67. The lowest BCUT2D eigenvalue weighted by Gasteiger charge is -2.15. The van der Waals surface area contributed by atoms with Crippen molar-refractivity contribution in [1.82, 2.24) is 0 Å². The fraction of sp³-hybridized carbons (Fsp3) is 0.105. The number of aromatic hydroxyl groups is 1. The summed E-state index contributed by atoms with van der Waals surface area (Å²) in [4.78, 5) is 25.2. The van der Waals surface area contributed by atoms with Crippen LogP contribution in [-0.4, -0.2) is 21.1 Å². The Balaban J connectivity index is 1.68. The maximum absolute atomic E-state index is 12.1. The van der Waals surface area contributed by atoms with E-state index >= 15 is 0 Å². The highest BCUT2D eigenvalue weighted by Gasteiger charge is 2.31. The highest BCUT2D eigenvalue weighted by molar-refractivity contribution is 8.27. The Morgan fingerprint density at radius 2 is 1.96 bits per heavy atom. The number of Topliss-reactive ketones (excluding diaryl/α,β-unsaturated/α-hetero) is 1. The first-order valence-corrected chi connectivity index (χ1v) is 8.90. The van der Waals surface area contributed by atoms with Gasteiger partial charge in [-0.1, -0.05) is 36.6 Å². The molecular formula is C19H15NO4S2. The summed E-state index contributed by atoms with van der Waals surface area (Å²) in [6.45, 7) is 5.32. The molecule has 7 heteroatoms. The number of phenols is 1. The van der Waals surface area contributed by atoms with Gasteiger partial charge in [-0.2, -0.15) is 0 Å². The zero-order valence-electron chi connectivity index (χ0n) is 13.9. The summed E-state index contributed by atoms with van der Waals surface area (Å²) in [6, 6.07) is 11.8. The average molecular weight is 385 g/mol. The molecule has 0 aromatic heterocycles. The third kappa shape index (κ3) is 3.63. The maximum atomic E-state index is 12.1. The Morgan fingerprint density at radius 3 is 2.50 bits per heavy atom. The minimum absolute atomic E-state index is 0.0623. The summed E-state index contributed by atoms with van der Waals surface area (Å²) in [7, 11) is 0. The fourth-order valence-corrected chi connectivity index (χ4v) is 3.61. The zero-order valence-corrected chi connectivity index (χ0v) is 15.5. The second-order valence-electron chi connectivity index (χ2n) is 5.62. The molecule has 0 bridgehead atoms. The van der Waals surface area contributed by atoms with E-state index in [0.29, 0.717) is 20.7 Å². The molecule has 0 unspecified atom stereocenters. The molecule has 0 saturated carbocycles. The van der Waals surface area contributed by atoms with E-state index in [1.54, 1.807) is 36.4 Å². The highest BCUT2D eigenvalue weighted by atomic mass is 32.2. The normalized spacial score (nSPS) is 14.0. The van der Waals surface area contributed by atoms with Gasteiger partial charge in [0.15, 0.2) is 10.1 Å². The van der Waals surface area contributed by atoms with Crippen LogP contribution in [0.3, 0.4) is 0 Å². The fourth-order valence-electron chi connectivity index (χ4n) is 2.45. The number of carbonyl (C=O) groups is 2. The monoisotopic (exact) mass is 385 g/mol. The lowest BCUT2D eigenvalue weighted by Crippen LogP contribution is -2.27. The predicted octanol–water partition coefficient (Wildman–Crippen LogP) is 4.05. The van der Waals surface area contributed by atoms with Gasteiger partial charge in [0.05, 0.1) is 16.2 Å². The standard InChI is InChI=1S/C19H15NO4S2/c1-11(21)16-8-3-13(9-17(16)22)10-24-15-6-4-14(5-7-15)20-18(23)12(2)26-19(20)25/h3-9,22H,2,10H2,1H3. The van der Waals surface area contributed by atoms with Crippen molar-refractivity contribution in [3.05, 3.63) is 65.1 Å². The van der Waals surface area contributed by atoms with Crippen molar-refractivity contribution >= 4 is 45.7 Å². The number of phenolic OH excluding ortho intramolecular Hbond substituents is 1. The topological polar surface area (TPSA) is 66.8 Å². The van der Waals surface area contributed by atoms with Crippen LogP contribution >= 0.6 is 24.0 Å². The molecule has 0 atom stereocenters. The molecular weight excluding hydrogens is 370 g/mol. The van der Waals surface area contributed by atoms with E-state index in [1.807, 2.05) is 0 Å². The summed E-state index contributed by atoms with van der Waals surface area (Å²) in [5.74, 6) is 0.135. The first-order valence-electron chi connectivity index (χ1n) is 7.67. The molecule has 1 saturated heterocycles. The highest BCUT2D eigenvalue weighted by Crippen LogP contribution is 2.34. The molecule has 5 nitrogen and oxygen atoms in total. The van der Waals surface area contributed by atoms with Gasteiger partial charge in [-0.15, -0.1) is 0 Å². The van der Waals surface area contributed by atoms with E-state index in [4.69, 9.17) is 17.0 Å². The molecule has 2 aromatic carbocycles. The molecule has 0 aliphatic carbocycles. The number of ether oxygens (including phenoxy) is 1. The second kappa shape index (κ2) is 7.31. The van der Waals surface area contributed by atoms with Crippen molar-refractivity contribution in [1.29, 1.82) is 0 Å². The van der Waals surface area contributed by atoms with Gasteiger partial charge in [0.1, 0.15) is 18.1 Å². The van der Waals surface area contributed by atoms with Crippen LogP contribution < -0.4 is 9.64 Å². The Bertz CT molecular complexity index is 922. The van der Waals surface area contributed by atoms with Gasteiger partial charge in [0.2, 0.25) is 0 Å². The summed E-state index contributed by atoms with van der Waals surface area (Å²) in [6.07, 6.45) is 0. The van der Waals surface area contributed by atoms with Crippen molar-refractivity contribution < 1.29 is 19.4 Å². The molecule has 1 N–H and O–H groups in total. The molecule has 2 aromatic rings. The lowest BCUT2D eigenvalue weighted by molar-refractivity contribution is -0.113. The average Bonchev–Trinajstić information content (AvgIpc) is 2.85. The van der Waals surface area contributed by atoms with E-state index in [2.05, 4.69) is 6.58 Å². The third-order valence-electron chi connectivity index (χ3n) is 3.78. The van der Waals surface area contributed by atoms with Gasteiger partial charge in [0, 0.05) is 0 Å². The van der Waals surface area contributed by atoms with E-state index < -0.39 is 0 Å². The molecule has 1 aliphatic rings. The molecule has 0 spiro atoms. The van der Waals surface area contributed by atoms with Gasteiger partial charge in [-0.25, -0.2) is 0 Å². The van der Waals surface area contributed by atoms with Crippen molar-refractivity contribution in [2.45, 2.75) is 13.5 Å². The van der Waals surface area contributed by atoms with Crippen LogP contribution in [0.2, 0.25) is 0 Å². The number of rotatable bonds is 5. The Morgan fingerprint density at radius 1 is 1.27 bits per heavy atom. The quantitative estimate of drug-likeness (QED) is 0.476. The summed E-state index contributed by atoms with van der Waals surface area (Å²) < 4.78 is 6.14. The minimum atomic E-state index is -0.213. The molecule has 1 fully saturated rings. The van der Waals surface area contributed by atoms with Crippen LogP contribution in [0.5, 0.6) is 11.5 Å². The number of amides is 1. The molecule has 0 radical (unpaired) electrons. The van der Waals surface area contributed by atoms with Crippen molar-refractivity contribution in [2.24, 2.45) is 0 Å². The number of benzene rings is 2. The van der Waals surface area contributed by atoms with Crippen molar-refractivity contribution in [2.75, 3.05) is 4.90 Å². The van der Waals surface area contributed by atoms with Crippen LogP contribution in [0.1, 0.15) is 22.8 Å². The Kier molecular flexibility index (Phi) is 5.11. The van der Waals surface area contributed by atoms with Crippen molar-refractivity contribution in [3.8, 4) is 11.5 Å². The van der Waals surface area contributed by atoms with Crippen LogP contribution in [0, 0.1) is 0 Å². The van der Waals surface area contributed by atoms with Gasteiger partial charge < -0.3 is 9.84 Å². The maximum Gasteiger partial charge on any atom is 0.270 e. The van der Waals surface area contributed by atoms with E-state index in [-0.39, 0.29) is 29.6 Å². The predicted molar refractivity (Wildman–Crippen MR) is 106 cm³/mol. The molecule has 3 rings (SSSR count). The number of nitrogens with zero attached hydrogens (tertiary/aromatic N) is 1. The third-order valence-corrected chi connectivity index (χ3v) is 4.99. The van der Waals surface area contributed by atoms with E-state index in [9.17, 15) is 14.7 Å². The minimum Gasteiger partial charge on any atom is -0.507 e. The van der Waals surface area contributed by atoms with Crippen LogP contribution in [0.4, 0.5) is 5.69 Å². The molecule has 1 aliphatic heterocycles. The number of ketones is 1. The molecule has 1 heterocycles. The number of thiocarbonyl (C=S) groups is 1. The Hall–Kier alpha value is -2.64. The number of anilines is 1. The van der Waals surface area contributed by atoms with Gasteiger partial charge >= 0.3 is 0 Å². The number of thioether (sulfide) groups is 1. The summed E-state index contributed by atoms with van der Waals surface area (Å²) in [5, 5.41) is 9.85. The summed E-state index contributed by atoms with van der Waals surface area (Å²) >= 11 is 6.38. The first-order chi connectivity index (χ1) is 12.4. The lowest BCUT2D eigenvalue weighted by atomic mass is 10.1. The number of carbonyl (C=O) groups excluding carboxylic acids is 2. The first kappa shape index (κ1) is 18.2. The van der Waals surface area contributed by atoms with Crippen LogP contribution in [-0.2, 0) is 11.4 Å². The number of hydrogen-bond acceptors (Lipinski definition) is 6. The van der Waals surface area contributed by atoms with E-state index in [1.165, 1.54) is 29.7 Å². The SMILES string of the molecule is C=C1SC(=S)N(c2ccc(OCc3ccc(C(C)=O)c(O)c3)cc2)C1=O. The van der Waals surface area contributed by atoms with Crippen LogP contribution in [0.15, 0.2) is 53.9 Å².